The molecule has 29 heavy (non-hydrogen) atoms. The van der Waals surface area contributed by atoms with Crippen LogP contribution in [0, 0.1) is 13.8 Å². The third kappa shape index (κ3) is 4.86. The molecule has 0 aliphatic carbocycles. The number of rotatable bonds is 6. The average Bonchev–Trinajstić information content (AvgIpc) is 2.70. The van der Waals surface area contributed by atoms with E-state index in [1.165, 1.54) is 6.26 Å². The molecule has 6 nitrogen and oxygen atoms in total. The van der Waals surface area contributed by atoms with Crippen molar-refractivity contribution >= 4 is 15.5 Å². The monoisotopic (exact) mass is 409 g/mol. The number of oxime groups is 1. The van der Waals surface area contributed by atoms with Crippen LogP contribution in [0.1, 0.15) is 40.4 Å². The number of aryl methyl sites for hydroxylation is 2. The van der Waals surface area contributed by atoms with Crippen LogP contribution in [0.5, 0.6) is 0 Å². The molecule has 0 amide bonds. The second kappa shape index (κ2) is 8.53. The fourth-order valence-corrected chi connectivity index (χ4v) is 3.91. The van der Waals surface area contributed by atoms with Crippen LogP contribution in [0.4, 0.5) is 0 Å². The van der Waals surface area contributed by atoms with Crippen LogP contribution in [0.15, 0.2) is 71.0 Å². The van der Waals surface area contributed by atoms with E-state index in [4.69, 9.17) is 0 Å². The molecule has 2 aromatic carbocycles. The largest absolute Gasteiger partial charge is 0.411 e. The van der Waals surface area contributed by atoms with Gasteiger partial charge in [0.2, 0.25) is 0 Å². The normalized spacial score (nSPS) is 13.3. The molecule has 0 aliphatic heterocycles. The van der Waals surface area contributed by atoms with Gasteiger partial charge in [-0.25, -0.2) is 18.4 Å². The highest BCUT2D eigenvalue weighted by molar-refractivity contribution is 7.90. The summed E-state index contributed by atoms with van der Waals surface area (Å²) in [5.41, 5.74) is 4.21. The topological polar surface area (TPSA) is 92.5 Å². The molecule has 3 rings (SSSR count). The Bertz CT molecular complexity index is 1120. The summed E-state index contributed by atoms with van der Waals surface area (Å²) in [4.78, 5) is 8.65. The molecule has 1 N–H and O–H groups in total. The van der Waals surface area contributed by atoms with Gasteiger partial charge in [-0.15, -0.1) is 0 Å². The summed E-state index contributed by atoms with van der Waals surface area (Å²) in [6, 6.07) is 14.8. The van der Waals surface area contributed by atoms with Crippen molar-refractivity contribution in [2.75, 3.05) is 6.26 Å². The van der Waals surface area contributed by atoms with Crippen LogP contribution in [0.3, 0.4) is 0 Å². The van der Waals surface area contributed by atoms with Gasteiger partial charge in [0, 0.05) is 36.6 Å². The lowest BCUT2D eigenvalue weighted by Crippen LogP contribution is -2.12. The second-order valence-electron chi connectivity index (χ2n) is 7.02. The standard InChI is InChI=1S/C22H23N3O3S/c1-15-6-4-5-7-20(15)21(17-8-10-19(11-9-17)29(3,27)28)12-22(25-26)18-13-23-16(2)24-14-18/h4-11,13-14,21,26H,12H2,1-3H3/b25-22+/t21-/m0/s1. The molecule has 150 valence electrons. The van der Waals surface area contributed by atoms with Crippen molar-refractivity contribution in [2.45, 2.75) is 31.1 Å². The highest BCUT2D eigenvalue weighted by Gasteiger charge is 2.21. The molecule has 0 saturated carbocycles. The van der Waals surface area contributed by atoms with Gasteiger partial charge in [0.05, 0.1) is 10.6 Å². The summed E-state index contributed by atoms with van der Waals surface area (Å²) < 4.78 is 23.6. The zero-order valence-corrected chi connectivity index (χ0v) is 17.4. The Hall–Kier alpha value is -3.06. The van der Waals surface area contributed by atoms with Crippen molar-refractivity contribution in [1.29, 1.82) is 0 Å². The number of sulfone groups is 1. The van der Waals surface area contributed by atoms with Crippen LogP contribution in [0.2, 0.25) is 0 Å². The molecule has 0 radical (unpaired) electrons. The Balaban J connectivity index is 2.04. The van der Waals surface area contributed by atoms with Gasteiger partial charge < -0.3 is 5.21 Å². The first-order valence-electron chi connectivity index (χ1n) is 9.15. The molecule has 7 heteroatoms. The van der Waals surface area contributed by atoms with Gasteiger partial charge in [-0.2, -0.15) is 0 Å². The number of hydrogen-bond acceptors (Lipinski definition) is 6. The first-order valence-corrected chi connectivity index (χ1v) is 11.0. The van der Waals surface area contributed by atoms with Gasteiger partial charge in [-0.1, -0.05) is 41.6 Å². The number of hydrogen-bond donors (Lipinski definition) is 1. The Kier molecular flexibility index (Phi) is 6.08. The zero-order valence-electron chi connectivity index (χ0n) is 16.6. The Morgan fingerprint density at radius 1 is 1.03 bits per heavy atom. The number of nitrogens with zero attached hydrogens (tertiary/aromatic N) is 3. The minimum Gasteiger partial charge on any atom is -0.411 e. The van der Waals surface area contributed by atoms with Crippen LogP contribution in [-0.2, 0) is 9.84 Å². The van der Waals surface area contributed by atoms with Crippen molar-refractivity contribution in [2.24, 2.45) is 5.16 Å². The maximum atomic E-state index is 11.8. The molecule has 3 aromatic rings. The van der Waals surface area contributed by atoms with Gasteiger partial charge >= 0.3 is 0 Å². The number of benzene rings is 2. The molecule has 0 bridgehead atoms. The quantitative estimate of drug-likeness (QED) is 0.379. The molecule has 0 unspecified atom stereocenters. The Morgan fingerprint density at radius 2 is 1.66 bits per heavy atom. The van der Waals surface area contributed by atoms with Gasteiger partial charge in [-0.05, 0) is 42.7 Å². The van der Waals surface area contributed by atoms with E-state index in [1.807, 2.05) is 43.3 Å². The fraction of sp³-hybridized carbons (Fsp3) is 0.227. The van der Waals surface area contributed by atoms with E-state index in [2.05, 4.69) is 15.1 Å². The summed E-state index contributed by atoms with van der Waals surface area (Å²) in [6.45, 7) is 3.82. The smallest absolute Gasteiger partial charge is 0.175 e. The Labute approximate surface area is 170 Å². The third-order valence-electron chi connectivity index (χ3n) is 4.91. The predicted molar refractivity (Wildman–Crippen MR) is 112 cm³/mol. The molecule has 0 spiro atoms. The molecular formula is C22H23N3O3S. The van der Waals surface area contributed by atoms with Crippen molar-refractivity contribution in [3.8, 4) is 0 Å². The van der Waals surface area contributed by atoms with Crippen LogP contribution < -0.4 is 0 Å². The van der Waals surface area contributed by atoms with Crippen LogP contribution >= 0.6 is 0 Å². The summed E-state index contributed by atoms with van der Waals surface area (Å²) in [5, 5.41) is 13.2. The van der Waals surface area contributed by atoms with E-state index in [9.17, 15) is 13.6 Å². The highest BCUT2D eigenvalue weighted by Crippen LogP contribution is 2.32. The maximum Gasteiger partial charge on any atom is 0.175 e. The van der Waals surface area contributed by atoms with Crippen molar-refractivity contribution < 1.29 is 13.6 Å². The highest BCUT2D eigenvalue weighted by atomic mass is 32.2. The number of aromatic nitrogens is 2. The molecular weight excluding hydrogens is 386 g/mol. The van der Waals surface area contributed by atoms with E-state index in [0.29, 0.717) is 23.5 Å². The van der Waals surface area contributed by atoms with Crippen LogP contribution in [0.25, 0.3) is 0 Å². The molecule has 1 atom stereocenters. The lowest BCUT2D eigenvalue weighted by atomic mass is 9.84. The molecule has 1 aromatic heterocycles. The van der Waals surface area contributed by atoms with E-state index in [0.717, 1.165) is 16.7 Å². The lowest BCUT2D eigenvalue weighted by molar-refractivity contribution is 0.317. The minimum atomic E-state index is -3.27. The first kappa shape index (κ1) is 20.7. The summed E-state index contributed by atoms with van der Waals surface area (Å²) in [6.07, 6.45) is 4.87. The SMILES string of the molecule is Cc1ncc(/C(C[C@@H](c2ccc(S(C)(=O)=O)cc2)c2ccccc2C)=N/O)cn1. The van der Waals surface area contributed by atoms with E-state index in [-0.39, 0.29) is 10.8 Å². The average molecular weight is 410 g/mol. The molecule has 0 aliphatic rings. The summed E-state index contributed by atoms with van der Waals surface area (Å²) in [5.74, 6) is 0.509. The Morgan fingerprint density at radius 3 is 2.21 bits per heavy atom. The molecule has 0 fully saturated rings. The van der Waals surface area contributed by atoms with E-state index >= 15 is 0 Å². The first-order chi connectivity index (χ1) is 13.8. The van der Waals surface area contributed by atoms with Crippen LogP contribution in [-0.4, -0.2) is 35.6 Å². The van der Waals surface area contributed by atoms with E-state index < -0.39 is 9.84 Å². The van der Waals surface area contributed by atoms with Crippen molar-refractivity contribution in [1.82, 2.24) is 9.97 Å². The predicted octanol–water partition coefficient (Wildman–Crippen LogP) is 3.90. The van der Waals surface area contributed by atoms with Crippen molar-refractivity contribution in [3.63, 3.8) is 0 Å². The minimum absolute atomic E-state index is 0.128. The fourth-order valence-electron chi connectivity index (χ4n) is 3.28. The van der Waals surface area contributed by atoms with Gasteiger partial charge in [0.25, 0.3) is 0 Å². The molecule has 1 heterocycles. The maximum absolute atomic E-state index is 11.8. The lowest BCUT2D eigenvalue weighted by Gasteiger charge is -2.21. The molecule has 0 saturated heterocycles. The summed E-state index contributed by atoms with van der Waals surface area (Å²) >= 11 is 0. The second-order valence-corrected chi connectivity index (χ2v) is 9.04. The van der Waals surface area contributed by atoms with E-state index in [1.54, 1.807) is 31.5 Å². The van der Waals surface area contributed by atoms with Gasteiger partial charge in [0.15, 0.2) is 9.84 Å². The zero-order chi connectivity index (χ0) is 21.0. The summed E-state index contributed by atoms with van der Waals surface area (Å²) in [7, 11) is -3.27. The van der Waals surface area contributed by atoms with Gasteiger partial charge in [-0.3, -0.25) is 0 Å². The van der Waals surface area contributed by atoms with Gasteiger partial charge in [0.1, 0.15) is 5.82 Å². The third-order valence-corrected chi connectivity index (χ3v) is 6.04. The van der Waals surface area contributed by atoms with Crippen molar-refractivity contribution in [3.05, 3.63) is 89.0 Å².